The molecule has 1 unspecified atom stereocenters. The molecule has 148 valence electrons. The van der Waals surface area contributed by atoms with E-state index in [0.29, 0.717) is 26.2 Å². The molecule has 3 rings (SSSR count). The number of methoxy groups -OCH3 is 1. The molecule has 0 saturated heterocycles. The van der Waals surface area contributed by atoms with Crippen LogP contribution in [0.2, 0.25) is 0 Å². The number of hydrogen-bond donors (Lipinski definition) is 2. The second kappa shape index (κ2) is 8.75. The van der Waals surface area contributed by atoms with Crippen molar-refractivity contribution in [2.75, 3.05) is 20.3 Å². The predicted molar refractivity (Wildman–Crippen MR) is 104 cm³/mol. The molecule has 1 heterocycles. The van der Waals surface area contributed by atoms with Gasteiger partial charge in [0.05, 0.1) is 18.7 Å². The van der Waals surface area contributed by atoms with E-state index in [9.17, 15) is 9.59 Å². The fraction of sp³-hybridized carbons (Fsp3) is 0.333. The molecular formula is C21H24N2O5. The van der Waals surface area contributed by atoms with Crippen molar-refractivity contribution in [1.82, 2.24) is 10.2 Å². The Morgan fingerprint density at radius 2 is 2.00 bits per heavy atom. The van der Waals surface area contributed by atoms with Crippen LogP contribution in [0.5, 0.6) is 11.5 Å². The van der Waals surface area contributed by atoms with E-state index in [2.05, 4.69) is 10.2 Å². The van der Waals surface area contributed by atoms with Crippen molar-refractivity contribution in [3.63, 3.8) is 0 Å². The first-order chi connectivity index (χ1) is 13.5. The highest BCUT2D eigenvalue weighted by atomic mass is 16.5. The van der Waals surface area contributed by atoms with Crippen molar-refractivity contribution in [2.45, 2.75) is 26.1 Å². The summed E-state index contributed by atoms with van der Waals surface area (Å²) in [4.78, 5) is 25.6. The van der Waals surface area contributed by atoms with E-state index in [0.717, 1.165) is 22.6 Å². The van der Waals surface area contributed by atoms with E-state index in [1.54, 1.807) is 19.2 Å². The minimum Gasteiger partial charge on any atom is -0.497 e. The predicted octanol–water partition coefficient (Wildman–Crippen LogP) is 2.29. The number of carbonyl (C=O) groups is 2. The van der Waals surface area contributed by atoms with Gasteiger partial charge in [-0.25, -0.2) is 4.79 Å². The number of carboxylic acid groups (broad SMARTS) is 1. The highest BCUT2D eigenvalue weighted by Gasteiger charge is 2.24. The molecule has 1 aliphatic heterocycles. The second-order valence-electron chi connectivity index (χ2n) is 6.69. The summed E-state index contributed by atoms with van der Waals surface area (Å²) in [7, 11) is 1.62. The molecule has 2 N–H and O–H groups in total. The van der Waals surface area contributed by atoms with Crippen molar-refractivity contribution in [3.8, 4) is 11.5 Å². The molecule has 0 spiro atoms. The third kappa shape index (κ3) is 4.61. The molecule has 0 bridgehead atoms. The zero-order valence-electron chi connectivity index (χ0n) is 16.0. The zero-order chi connectivity index (χ0) is 20.1. The lowest BCUT2D eigenvalue weighted by molar-refractivity contribution is -0.126. The molecule has 0 radical (unpaired) electrons. The first-order valence-electron chi connectivity index (χ1n) is 9.11. The third-order valence-electron chi connectivity index (χ3n) is 4.88. The third-order valence-corrected chi connectivity index (χ3v) is 4.88. The standard InChI is InChI=1S/C21H24N2O5/c1-14(20(24)22-12-15-3-5-16(6-4-15)21(25)26)23-9-10-28-19-11-18(27-2)8-7-17(19)13-23/h3-8,11,14H,9-10,12-13H2,1-2H3,(H,22,24)(H,25,26). The number of fused-ring (bicyclic) bond motifs is 1. The molecule has 28 heavy (non-hydrogen) atoms. The van der Waals surface area contributed by atoms with Gasteiger partial charge in [0.1, 0.15) is 18.1 Å². The maximum absolute atomic E-state index is 12.6. The zero-order valence-corrected chi connectivity index (χ0v) is 16.0. The van der Waals surface area contributed by atoms with Crippen LogP contribution in [0.25, 0.3) is 0 Å². The van der Waals surface area contributed by atoms with Crippen LogP contribution in [0.1, 0.15) is 28.4 Å². The molecule has 1 aliphatic rings. The summed E-state index contributed by atoms with van der Waals surface area (Å²) in [6.45, 7) is 3.97. The average molecular weight is 384 g/mol. The number of benzene rings is 2. The lowest BCUT2D eigenvalue weighted by Gasteiger charge is -2.26. The summed E-state index contributed by atoms with van der Waals surface area (Å²) in [6, 6.07) is 11.9. The van der Waals surface area contributed by atoms with Gasteiger partial charge in [-0.05, 0) is 30.7 Å². The van der Waals surface area contributed by atoms with E-state index in [4.69, 9.17) is 14.6 Å². The Balaban J connectivity index is 1.60. The Bertz CT molecular complexity index is 850. The molecule has 1 atom stereocenters. The number of rotatable bonds is 6. The van der Waals surface area contributed by atoms with Gasteiger partial charge in [0.25, 0.3) is 0 Å². The Morgan fingerprint density at radius 1 is 1.25 bits per heavy atom. The fourth-order valence-corrected chi connectivity index (χ4v) is 3.10. The highest BCUT2D eigenvalue weighted by Crippen LogP contribution is 2.28. The van der Waals surface area contributed by atoms with Crippen LogP contribution in [-0.4, -0.2) is 48.2 Å². The lowest BCUT2D eigenvalue weighted by Crippen LogP contribution is -2.45. The summed E-state index contributed by atoms with van der Waals surface area (Å²) < 4.78 is 11.0. The maximum atomic E-state index is 12.6. The molecule has 0 aromatic heterocycles. The number of aromatic carboxylic acids is 1. The number of nitrogens with one attached hydrogen (secondary N) is 1. The van der Waals surface area contributed by atoms with E-state index in [1.807, 2.05) is 25.1 Å². The van der Waals surface area contributed by atoms with Gasteiger partial charge in [-0.1, -0.05) is 18.2 Å². The number of nitrogens with zero attached hydrogens (tertiary/aromatic N) is 1. The molecule has 2 aromatic rings. The molecular weight excluding hydrogens is 360 g/mol. The molecule has 0 saturated carbocycles. The smallest absolute Gasteiger partial charge is 0.335 e. The van der Waals surface area contributed by atoms with Crippen LogP contribution in [-0.2, 0) is 17.9 Å². The Labute approximate surface area is 163 Å². The first-order valence-corrected chi connectivity index (χ1v) is 9.11. The normalized spacial score (nSPS) is 14.9. The Kier molecular flexibility index (Phi) is 6.16. The number of ether oxygens (including phenoxy) is 2. The molecule has 0 fully saturated rings. The van der Waals surface area contributed by atoms with Crippen molar-refractivity contribution in [2.24, 2.45) is 0 Å². The minimum absolute atomic E-state index is 0.0840. The topological polar surface area (TPSA) is 88.1 Å². The molecule has 1 amide bonds. The summed E-state index contributed by atoms with van der Waals surface area (Å²) in [5.74, 6) is 0.477. The van der Waals surface area contributed by atoms with Crippen molar-refractivity contribution < 1.29 is 24.2 Å². The molecule has 7 nitrogen and oxygen atoms in total. The molecule has 0 aliphatic carbocycles. The summed E-state index contributed by atoms with van der Waals surface area (Å²) >= 11 is 0. The Hall–Kier alpha value is -3.06. The van der Waals surface area contributed by atoms with Crippen LogP contribution < -0.4 is 14.8 Å². The van der Waals surface area contributed by atoms with Crippen LogP contribution in [0, 0.1) is 0 Å². The summed E-state index contributed by atoms with van der Waals surface area (Å²) in [6.07, 6.45) is 0. The van der Waals surface area contributed by atoms with Gasteiger partial charge in [0, 0.05) is 31.3 Å². The van der Waals surface area contributed by atoms with E-state index in [1.165, 1.54) is 12.1 Å². The van der Waals surface area contributed by atoms with Crippen LogP contribution in [0.4, 0.5) is 0 Å². The SMILES string of the molecule is COc1ccc2c(c1)OCCN(C(C)C(=O)NCc1ccc(C(=O)O)cc1)C2. The maximum Gasteiger partial charge on any atom is 0.335 e. The van der Waals surface area contributed by atoms with E-state index in [-0.39, 0.29) is 17.5 Å². The number of carbonyl (C=O) groups excluding carboxylic acids is 1. The van der Waals surface area contributed by atoms with Crippen molar-refractivity contribution in [3.05, 3.63) is 59.2 Å². The second-order valence-corrected chi connectivity index (χ2v) is 6.69. The molecule has 7 heteroatoms. The number of hydrogen-bond acceptors (Lipinski definition) is 5. The van der Waals surface area contributed by atoms with E-state index >= 15 is 0 Å². The Morgan fingerprint density at radius 3 is 2.68 bits per heavy atom. The van der Waals surface area contributed by atoms with Crippen LogP contribution in [0.3, 0.4) is 0 Å². The number of carboxylic acids is 1. The van der Waals surface area contributed by atoms with Gasteiger partial charge >= 0.3 is 5.97 Å². The summed E-state index contributed by atoms with van der Waals surface area (Å²) in [5, 5.41) is 11.9. The van der Waals surface area contributed by atoms with Crippen molar-refractivity contribution in [1.29, 1.82) is 0 Å². The van der Waals surface area contributed by atoms with Crippen molar-refractivity contribution >= 4 is 11.9 Å². The van der Waals surface area contributed by atoms with Gasteiger partial charge in [-0.2, -0.15) is 0 Å². The van der Waals surface area contributed by atoms with Gasteiger partial charge in [0.15, 0.2) is 0 Å². The van der Waals surface area contributed by atoms with Crippen LogP contribution >= 0.6 is 0 Å². The lowest BCUT2D eigenvalue weighted by atomic mass is 10.1. The largest absolute Gasteiger partial charge is 0.497 e. The van der Waals surface area contributed by atoms with Gasteiger partial charge in [-0.3, -0.25) is 9.69 Å². The minimum atomic E-state index is -0.967. The van der Waals surface area contributed by atoms with Gasteiger partial charge in [-0.15, -0.1) is 0 Å². The monoisotopic (exact) mass is 384 g/mol. The fourth-order valence-electron chi connectivity index (χ4n) is 3.10. The quantitative estimate of drug-likeness (QED) is 0.795. The van der Waals surface area contributed by atoms with Gasteiger partial charge < -0.3 is 19.9 Å². The first kappa shape index (κ1) is 19.7. The summed E-state index contributed by atoms with van der Waals surface area (Å²) in [5.41, 5.74) is 2.09. The van der Waals surface area contributed by atoms with Crippen LogP contribution in [0.15, 0.2) is 42.5 Å². The number of amides is 1. The van der Waals surface area contributed by atoms with Gasteiger partial charge in [0.2, 0.25) is 5.91 Å². The van der Waals surface area contributed by atoms with E-state index < -0.39 is 5.97 Å². The molecule has 2 aromatic carbocycles. The highest BCUT2D eigenvalue weighted by molar-refractivity contribution is 5.87. The average Bonchev–Trinajstić information content (AvgIpc) is 2.93.